The first kappa shape index (κ1) is 35.0. The van der Waals surface area contributed by atoms with Gasteiger partial charge in [0.2, 0.25) is 23.6 Å². The number of amides is 4. The van der Waals surface area contributed by atoms with Gasteiger partial charge in [0.05, 0.1) is 14.2 Å². The average molecular weight is 649 g/mol. The Morgan fingerprint density at radius 3 is 1.21 bits per heavy atom. The van der Waals surface area contributed by atoms with Gasteiger partial charge in [-0.25, -0.2) is 0 Å². The molecule has 0 aliphatic rings. The van der Waals surface area contributed by atoms with Gasteiger partial charge in [0.15, 0.2) is 0 Å². The molecule has 4 rings (SSSR count). The minimum absolute atomic E-state index is 0.233. The van der Waals surface area contributed by atoms with Crippen molar-refractivity contribution in [1.82, 2.24) is 10.6 Å². The van der Waals surface area contributed by atoms with Crippen LogP contribution in [0.5, 0.6) is 11.5 Å². The number of carbonyl (C=O) groups excluding carboxylic acids is 4. The predicted molar refractivity (Wildman–Crippen MR) is 186 cm³/mol. The fourth-order valence-corrected chi connectivity index (χ4v) is 5.02. The van der Waals surface area contributed by atoms with Crippen LogP contribution < -0.4 is 29.9 Å². The van der Waals surface area contributed by atoms with Gasteiger partial charge in [-0.2, -0.15) is 0 Å². The zero-order chi connectivity index (χ0) is 34.5. The van der Waals surface area contributed by atoms with Crippen molar-refractivity contribution in [2.45, 2.75) is 24.9 Å². The third-order valence-corrected chi connectivity index (χ3v) is 7.76. The lowest BCUT2D eigenvalue weighted by molar-refractivity contribution is -0.125. The van der Waals surface area contributed by atoms with Crippen LogP contribution in [0.3, 0.4) is 0 Å². The van der Waals surface area contributed by atoms with Gasteiger partial charge in [0, 0.05) is 50.5 Å². The molecule has 0 aliphatic carbocycles. The smallest absolute Gasteiger partial charge is 0.249 e. The number of benzene rings is 4. The van der Waals surface area contributed by atoms with Crippen molar-refractivity contribution >= 4 is 35.0 Å². The number of rotatable bonds is 14. The number of anilines is 2. The first-order valence-corrected chi connectivity index (χ1v) is 15.4. The lowest BCUT2D eigenvalue weighted by atomic mass is 10.0. The zero-order valence-electron chi connectivity index (χ0n) is 27.5. The Kier molecular flexibility index (Phi) is 12.5. The summed E-state index contributed by atoms with van der Waals surface area (Å²) in [5.74, 6) is -0.655. The van der Waals surface area contributed by atoms with Crippen molar-refractivity contribution in [1.29, 1.82) is 0 Å². The van der Waals surface area contributed by atoms with Crippen molar-refractivity contribution in [3.8, 4) is 11.5 Å². The summed E-state index contributed by atoms with van der Waals surface area (Å²) in [6.07, 6.45) is 2.59. The van der Waals surface area contributed by atoms with E-state index < -0.39 is 23.9 Å². The fraction of sp³-hybridized carbons (Fsp3) is 0.211. The number of methoxy groups -OCH3 is 2. The van der Waals surface area contributed by atoms with E-state index in [4.69, 9.17) is 9.47 Å². The third kappa shape index (κ3) is 9.80. The van der Waals surface area contributed by atoms with E-state index in [2.05, 4.69) is 10.6 Å². The highest BCUT2D eigenvalue weighted by Crippen LogP contribution is 2.21. The van der Waals surface area contributed by atoms with Gasteiger partial charge < -0.3 is 29.9 Å². The minimum Gasteiger partial charge on any atom is -0.497 e. The number of likely N-dealkylation sites (N-methyl/N-ethyl adjacent to an activating group) is 2. The molecule has 0 aromatic heterocycles. The summed E-state index contributed by atoms with van der Waals surface area (Å²) in [6, 6.07) is 30.8. The molecule has 248 valence electrons. The number of ether oxygens (including phenoxy) is 2. The number of nitrogens with zero attached hydrogens (tertiary/aromatic N) is 2. The summed E-state index contributed by atoms with van der Waals surface area (Å²) < 4.78 is 10.4. The summed E-state index contributed by atoms with van der Waals surface area (Å²) in [5, 5.41) is 5.50. The van der Waals surface area contributed by atoms with E-state index in [1.807, 2.05) is 60.7 Å². The Hall–Kier alpha value is -5.90. The highest BCUT2D eigenvalue weighted by atomic mass is 16.5. The van der Waals surface area contributed by atoms with Crippen LogP contribution in [0.2, 0.25) is 0 Å². The highest BCUT2D eigenvalue weighted by molar-refractivity contribution is 6.04. The Morgan fingerprint density at radius 2 is 0.896 bits per heavy atom. The molecule has 4 aromatic carbocycles. The molecule has 0 radical (unpaired) electrons. The molecule has 0 fully saturated rings. The molecule has 0 unspecified atom stereocenters. The van der Waals surface area contributed by atoms with E-state index in [0.717, 1.165) is 23.3 Å². The molecule has 2 atom stereocenters. The SMILES string of the molecule is COc1ccc(N(C)C(=O)[C@H](Cc2ccccc2)NC(=O)/C=C/C(=O)N[C@@H](Cc2ccccc2)C(=O)N(C)c2ccc(OC)cc2)cc1. The van der Waals surface area contributed by atoms with Crippen molar-refractivity contribution in [2.24, 2.45) is 0 Å². The summed E-state index contributed by atoms with van der Waals surface area (Å²) in [4.78, 5) is 56.4. The lowest BCUT2D eigenvalue weighted by Crippen LogP contribution is -2.49. The molecule has 0 bridgehead atoms. The zero-order valence-corrected chi connectivity index (χ0v) is 27.5. The van der Waals surface area contributed by atoms with Crippen LogP contribution in [0.1, 0.15) is 11.1 Å². The topological polar surface area (TPSA) is 117 Å². The number of carbonyl (C=O) groups is 4. The van der Waals surface area contributed by atoms with Crippen molar-refractivity contribution in [3.05, 3.63) is 132 Å². The molecule has 48 heavy (non-hydrogen) atoms. The molecular weight excluding hydrogens is 608 g/mol. The van der Waals surface area contributed by atoms with E-state index in [1.54, 1.807) is 76.8 Å². The van der Waals surface area contributed by atoms with Gasteiger partial charge in [-0.3, -0.25) is 19.2 Å². The van der Waals surface area contributed by atoms with E-state index in [-0.39, 0.29) is 24.7 Å². The molecule has 0 aliphatic heterocycles. The molecule has 0 saturated heterocycles. The van der Waals surface area contributed by atoms with E-state index >= 15 is 0 Å². The molecule has 4 aromatic rings. The maximum absolute atomic E-state index is 13.6. The second-order valence-electron chi connectivity index (χ2n) is 11.0. The molecule has 4 amide bonds. The van der Waals surface area contributed by atoms with Gasteiger partial charge in [-0.15, -0.1) is 0 Å². The molecule has 10 heteroatoms. The van der Waals surface area contributed by atoms with E-state index in [0.29, 0.717) is 22.9 Å². The molecular formula is C38H40N4O6. The van der Waals surface area contributed by atoms with Crippen molar-refractivity contribution < 1.29 is 28.7 Å². The lowest BCUT2D eigenvalue weighted by Gasteiger charge is -2.25. The Balaban J connectivity index is 1.47. The first-order chi connectivity index (χ1) is 23.2. The van der Waals surface area contributed by atoms with Gasteiger partial charge in [0.25, 0.3) is 0 Å². The number of hydrogen-bond acceptors (Lipinski definition) is 6. The van der Waals surface area contributed by atoms with Gasteiger partial charge >= 0.3 is 0 Å². The van der Waals surface area contributed by atoms with Crippen LogP contribution in [-0.4, -0.2) is 64.0 Å². The molecule has 0 spiro atoms. The quantitative estimate of drug-likeness (QED) is 0.197. The van der Waals surface area contributed by atoms with Crippen LogP contribution in [0.4, 0.5) is 11.4 Å². The Morgan fingerprint density at radius 1 is 0.562 bits per heavy atom. The second-order valence-corrected chi connectivity index (χ2v) is 11.0. The van der Waals surface area contributed by atoms with E-state index in [9.17, 15) is 19.2 Å². The molecule has 10 nitrogen and oxygen atoms in total. The standard InChI is InChI=1S/C38H40N4O6/c1-41(29-15-19-31(47-3)20-16-29)37(45)33(25-27-11-7-5-8-12-27)39-35(43)23-24-36(44)40-34(26-28-13-9-6-10-14-28)38(46)42(2)30-17-21-32(48-4)22-18-30/h5-24,33-34H,25-26H2,1-4H3,(H,39,43)(H,40,44)/b24-23+/t33-,34-/m0/s1. The van der Waals surface area contributed by atoms with Crippen LogP contribution in [0, 0.1) is 0 Å². The summed E-state index contributed by atoms with van der Waals surface area (Å²) in [6.45, 7) is 0. The van der Waals surface area contributed by atoms with E-state index in [1.165, 1.54) is 9.80 Å². The second kappa shape index (κ2) is 17.1. The largest absolute Gasteiger partial charge is 0.497 e. The maximum Gasteiger partial charge on any atom is 0.249 e. The molecule has 2 N–H and O–H groups in total. The van der Waals surface area contributed by atoms with Crippen LogP contribution >= 0.6 is 0 Å². The minimum atomic E-state index is -0.926. The monoisotopic (exact) mass is 648 g/mol. The van der Waals surface area contributed by atoms with Crippen LogP contribution in [0.15, 0.2) is 121 Å². The first-order valence-electron chi connectivity index (χ1n) is 15.4. The van der Waals surface area contributed by atoms with Gasteiger partial charge in [-0.1, -0.05) is 60.7 Å². The summed E-state index contributed by atoms with van der Waals surface area (Å²) in [7, 11) is 6.38. The molecule has 0 heterocycles. The normalized spacial score (nSPS) is 12.0. The van der Waals surface area contributed by atoms with Crippen LogP contribution in [0.25, 0.3) is 0 Å². The van der Waals surface area contributed by atoms with Crippen LogP contribution in [-0.2, 0) is 32.0 Å². The van der Waals surface area contributed by atoms with Gasteiger partial charge in [0.1, 0.15) is 23.6 Å². The van der Waals surface area contributed by atoms with Crippen molar-refractivity contribution in [2.75, 3.05) is 38.1 Å². The predicted octanol–water partition coefficient (Wildman–Crippen LogP) is 4.34. The number of hydrogen-bond donors (Lipinski definition) is 2. The maximum atomic E-state index is 13.6. The Bertz CT molecular complexity index is 1570. The number of nitrogens with one attached hydrogen (secondary N) is 2. The third-order valence-electron chi connectivity index (χ3n) is 7.76. The highest BCUT2D eigenvalue weighted by Gasteiger charge is 2.27. The average Bonchev–Trinajstić information content (AvgIpc) is 3.13. The van der Waals surface area contributed by atoms with Crippen molar-refractivity contribution in [3.63, 3.8) is 0 Å². The summed E-state index contributed by atoms with van der Waals surface area (Å²) in [5.41, 5.74) is 2.95. The Labute approximate surface area is 281 Å². The fourth-order valence-electron chi connectivity index (χ4n) is 5.02. The van der Waals surface area contributed by atoms with Gasteiger partial charge in [-0.05, 0) is 59.7 Å². The summed E-state index contributed by atoms with van der Waals surface area (Å²) >= 11 is 0. The molecule has 0 saturated carbocycles.